The van der Waals surface area contributed by atoms with Gasteiger partial charge in [-0.25, -0.2) is 0 Å². The molecule has 0 heterocycles. The van der Waals surface area contributed by atoms with Crippen molar-refractivity contribution >= 4 is 21.8 Å². The van der Waals surface area contributed by atoms with Crippen LogP contribution in [0.5, 0.6) is 0 Å². The van der Waals surface area contributed by atoms with Crippen LogP contribution in [0.2, 0.25) is 0 Å². The normalized spacial score (nSPS) is 13.8. The molecule has 2 atom stereocenters. The van der Waals surface area contributed by atoms with E-state index in [2.05, 4.69) is 28.2 Å². The first kappa shape index (κ1) is 17.2. The van der Waals surface area contributed by atoms with Crippen LogP contribution in [-0.4, -0.2) is 12.5 Å². The van der Waals surface area contributed by atoms with Gasteiger partial charge in [-0.1, -0.05) is 41.4 Å². The van der Waals surface area contributed by atoms with Crippen molar-refractivity contribution in [3.63, 3.8) is 0 Å². The number of hydrogen-bond acceptors (Lipinski definition) is 2. The summed E-state index contributed by atoms with van der Waals surface area (Å²) < 4.78 is 1.03. The Hall–Kier alpha value is -0.870. The Kier molecular flexibility index (Phi) is 7.85. The predicted octanol–water partition coefficient (Wildman–Crippen LogP) is 3.78. The van der Waals surface area contributed by atoms with E-state index in [9.17, 15) is 4.79 Å². The highest BCUT2D eigenvalue weighted by Gasteiger charge is 2.12. The molecule has 2 unspecified atom stereocenters. The van der Waals surface area contributed by atoms with E-state index in [4.69, 9.17) is 5.73 Å². The molecule has 0 aliphatic rings. The molecule has 3 N–H and O–H groups in total. The zero-order chi connectivity index (χ0) is 15.0. The van der Waals surface area contributed by atoms with Gasteiger partial charge in [0.2, 0.25) is 5.91 Å². The maximum Gasteiger partial charge on any atom is 0.220 e. The molecule has 0 radical (unpaired) electrons. The van der Waals surface area contributed by atoms with Crippen LogP contribution in [0.15, 0.2) is 28.7 Å². The largest absolute Gasteiger partial charge is 0.350 e. The van der Waals surface area contributed by atoms with Gasteiger partial charge in [-0.15, -0.1) is 0 Å². The average Bonchev–Trinajstić information content (AvgIpc) is 2.43. The number of amides is 1. The number of benzene rings is 1. The summed E-state index contributed by atoms with van der Waals surface area (Å²) in [5.41, 5.74) is 6.69. The third-order valence-corrected chi connectivity index (χ3v) is 4.15. The molecule has 0 saturated carbocycles. The highest BCUT2D eigenvalue weighted by atomic mass is 79.9. The second-order valence-electron chi connectivity index (χ2n) is 5.23. The van der Waals surface area contributed by atoms with Crippen LogP contribution < -0.4 is 11.1 Å². The Balaban J connectivity index is 2.42. The van der Waals surface area contributed by atoms with Crippen LogP contribution in [0.4, 0.5) is 0 Å². The average molecular weight is 341 g/mol. The first-order chi connectivity index (χ1) is 9.56. The molecule has 1 amide bonds. The molecule has 1 aromatic carbocycles. The third kappa shape index (κ3) is 6.06. The van der Waals surface area contributed by atoms with Gasteiger partial charge in [0.1, 0.15) is 0 Å². The molecular weight excluding hydrogens is 316 g/mol. The van der Waals surface area contributed by atoms with Crippen molar-refractivity contribution in [2.75, 3.05) is 6.54 Å². The zero-order valence-corrected chi connectivity index (χ0v) is 13.9. The van der Waals surface area contributed by atoms with Gasteiger partial charge in [-0.2, -0.15) is 0 Å². The van der Waals surface area contributed by atoms with Gasteiger partial charge < -0.3 is 11.1 Å². The molecule has 0 aliphatic heterocycles. The van der Waals surface area contributed by atoms with Crippen molar-refractivity contribution in [2.24, 2.45) is 11.7 Å². The molecule has 20 heavy (non-hydrogen) atoms. The Bertz CT molecular complexity index is 423. The number of nitrogens with one attached hydrogen (secondary N) is 1. The van der Waals surface area contributed by atoms with Crippen molar-refractivity contribution in [1.29, 1.82) is 0 Å². The van der Waals surface area contributed by atoms with Crippen molar-refractivity contribution in [3.8, 4) is 0 Å². The van der Waals surface area contributed by atoms with Gasteiger partial charge in [-0.3, -0.25) is 4.79 Å². The van der Waals surface area contributed by atoms with Gasteiger partial charge in [-0.05, 0) is 49.9 Å². The van der Waals surface area contributed by atoms with Crippen LogP contribution in [0.25, 0.3) is 0 Å². The molecule has 0 aromatic heterocycles. The summed E-state index contributed by atoms with van der Waals surface area (Å²) in [6.07, 6.45) is 3.60. The second-order valence-corrected chi connectivity index (χ2v) is 6.15. The van der Waals surface area contributed by atoms with E-state index in [0.29, 0.717) is 18.9 Å². The van der Waals surface area contributed by atoms with Gasteiger partial charge in [0, 0.05) is 10.9 Å². The summed E-state index contributed by atoms with van der Waals surface area (Å²) in [6.45, 7) is 4.87. The fourth-order valence-electron chi connectivity index (χ4n) is 2.30. The highest BCUT2D eigenvalue weighted by molar-refractivity contribution is 9.10. The topological polar surface area (TPSA) is 55.1 Å². The van der Waals surface area contributed by atoms with Crippen molar-refractivity contribution in [1.82, 2.24) is 5.32 Å². The molecule has 1 aromatic rings. The minimum absolute atomic E-state index is 0.0367. The smallest absolute Gasteiger partial charge is 0.220 e. The maximum absolute atomic E-state index is 12.0. The Labute approximate surface area is 130 Å². The van der Waals surface area contributed by atoms with E-state index < -0.39 is 0 Å². The predicted molar refractivity (Wildman–Crippen MR) is 87.4 cm³/mol. The van der Waals surface area contributed by atoms with Crippen LogP contribution in [-0.2, 0) is 4.79 Å². The minimum Gasteiger partial charge on any atom is -0.350 e. The highest BCUT2D eigenvalue weighted by Crippen LogP contribution is 2.19. The van der Waals surface area contributed by atoms with Gasteiger partial charge in [0.05, 0.1) is 6.04 Å². The van der Waals surface area contributed by atoms with E-state index in [1.165, 1.54) is 0 Å². The fourth-order valence-corrected chi connectivity index (χ4v) is 2.71. The quantitative estimate of drug-likeness (QED) is 0.756. The van der Waals surface area contributed by atoms with Crippen molar-refractivity contribution in [3.05, 3.63) is 34.3 Å². The van der Waals surface area contributed by atoms with Gasteiger partial charge in [0.25, 0.3) is 0 Å². The van der Waals surface area contributed by atoms with Crippen molar-refractivity contribution in [2.45, 2.75) is 45.6 Å². The lowest BCUT2D eigenvalue weighted by molar-refractivity contribution is -0.122. The molecule has 0 bridgehead atoms. The van der Waals surface area contributed by atoms with E-state index in [-0.39, 0.29) is 11.9 Å². The molecule has 0 saturated heterocycles. The number of nitrogens with two attached hydrogens (primary N) is 1. The third-order valence-electron chi connectivity index (χ3n) is 3.66. The molecule has 1 rings (SSSR count). The monoisotopic (exact) mass is 340 g/mol. The van der Waals surface area contributed by atoms with Crippen LogP contribution in [0.1, 0.15) is 51.1 Å². The summed E-state index contributed by atoms with van der Waals surface area (Å²) >= 11 is 3.45. The molecule has 0 spiro atoms. The number of carbonyl (C=O) groups is 1. The summed E-state index contributed by atoms with van der Waals surface area (Å²) in [5.74, 6) is 0.680. The number of hydrogen-bond donors (Lipinski definition) is 2. The first-order valence-electron chi connectivity index (χ1n) is 7.31. The molecule has 112 valence electrons. The van der Waals surface area contributed by atoms with E-state index in [1.54, 1.807) is 0 Å². The lowest BCUT2D eigenvalue weighted by Crippen LogP contribution is -2.27. The minimum atomic E-state index is 0.0367. The Morgan fingerprint density at radius 2 is 2.15 bits per heavy atom. The van der Waals surface area contributed by atoms with Crippen LogP contribution >= 0.6 is 15.9 Å². The number of halogens is 1. The lowest BCUT2D eigenvalue weighted by atomic mass is 9.96. The summed E-state index contributed by atoms with van der Waals surface area (Å²) in [6, 6.07) is 8.06. The SMILES string of the molecule is CCC(CCN)CCC(=O)NC(C)c1cccc(Br)c1. The van der Waals surface area contributed by atoms with Crippen LogP contribution in [0.3, 0.4) is 0 Å². The number of rotatable bonds is 8. The van der Waals surface area contributed by atoms with E-state index in [1.807, 2.05) is 31.2 Å². The first-order valence-corrected chi connectivity index (χ1v) is 8.11. The van der Waals surface area contributed by atoms with Gasteiger partial charge in [0.15, 0.2) is 0 Å². The molecule has 3 nitrogen and oxygen atoms in total. The molecule has 4 heteroatoms. The fraction of sp³-hybridized carbons (Fsp3) is 0.562. The summed E-state index contributed by atoms with van der Waals surface area (Å²) in [5, 5.41) is 3.05. The molecule has 0 aliphatic carbocycles. The van der Waals surface area contributed by atoms with Crippen molar-refractivity contribution < 1.29 is 4.79 Å². The molecule has 0 fully saturated rings. The Morgan fingerprint density at radius 1 is 1.40 bits per heavy atom. The summed E-state index contributed by atoms with van der Waals surface area (Å²) in [4.78, 5) is 12.0. The zero-order valence-electron chi connectivity index (χ0n) is 12.4. The van der Waals surface area contributed by atoms with E-state index in [0.717, 1.165) is 29.3 Å². The maximum atomic E-state index is 12.0. The second kappa shape index (κ2) is 9.14. The van der Waals surface area contributed by atoms with Crippen LogP contribution in [0, 0.1) is 5.92 Å². The molecular formula is C16H25BrN2O. The van der Waals surface area contributed by atoms with Gasteiger partial charge >= 0.3 is 0 Å². The van der Waals surface area contributed by atoms with E-state index >= 15 is 0 Å². The standard InChI is InChI=1S/C16H25BrN2O/c1-3-13(9-10-18)7-8-16(20)19-12(2)14-5-4-6-15(17)11-14/h4-6,11-13H,3,7-10,18H2,1-2H3,(H,19,20). The Morgan fingerprint density at radius 3 is 2.75 bits per heavy atom. The summed E-state index contributed by atoms with van der Waals surface area (Å²) in [7, 11) is 0. The lowest BCUT2D eigenvalue weighted by Gasteiger charge is -2.17. The number of carbonyl (C=O) groups excluding carboxylic acids is 1.